The number of amides is 1. The molecule has 176 valence electrons. The summed E-state index contributed by atoms with van der Waals surface area (Å²) in [5, 5.41) is 4.29. The molecule has 3 rings (SSSR count). The molecular formula is C24H36N4O3S. The van der Waals surface area contributed by atoms with E-state index in [1.54, 1.807) is 37.7 Å². The highest BCUT2D eigenvalue weighted by Gasteiger charge is 2.34. The van der Waals surface area contributed by atoms with Gasteiger partial charge in [0.05, 0.1) is 17.1 Å². The Hall–Kier alpha value is -2.35. The molecule has 0 saturated carbocycles. The molecule has 8 heteroatoms. The van der Waals surface area contributed by atoms with Crippen LogP contribution in [0.3, 0.4) is 0 Å². The van der Waals surface area contributed by atoms with Crippen LogP contribution in [0.5, 0.6) is 0 Å². The first kappa shape index (κ1) is 24.3. The Labute approximate surface area is 192 Å². The highest BCUT2D eigenvalue weighted by atomic mass is 32.2. The van der Waals surface area contributed by atoms with E-state index in [1.807, 2.05) is 17.0 Å². The van der Waals surface area contributed by atoms with Crippen LogP contribution in [0.15, 0.2) is 29.2 Å². The van der Waals surface area contributed by atoms with Crippen LogP contribution in [-0.2, 0) is 21.9 Å². The number of rotatable bonds is 6. The van der Waals surface area contributed by atoms with Crippen molar-refractivity contribution in [3.05, 3.63) is 41.2 Å². The van der Waals surface area contributed by atoms with Crippen molar-refractivity contribution in [2.75, 3.05) is 23.9 Å². The van der Waals surface area contributed by atoms with E-state index in [4.69, 9.17) is 0 Å². The van der Waals surface area contributed by atoms with Crippen molar-refractivity contribution in [3.63, 3.8) is 0 Å². The molecule has 1 aromatic carbocycles. The Kier molecular flexibility index (Phi) is 7.03. The first-order chi connectivity index (χ1) is 14.9. The maximum absolute atomic E-state index is 13.9. The molecule has 2 heterocycles. The Bertz CT molecular complexity index is 1060. The van der Waals surface area contributed by atoms with Crippen LogP contribution in [0, 0.1) is 25.7 Å². The number of carbonyl (C=O) groups is 1. The van der Waals surface area contributed by atoms with Crippen LogP contribution in [-0.4, -0.2) is 48.6 Å². The molecule has 0 spiro atoms. The van der Waals surface area contributed by atoms with E-state index < -0.39 is 10.0 Å². The molecular weight excluding hydrogens is 424 g/mol. The quantitative estimate of drug-likeness (QED) is 0.656. The lowest BCUT2D eigenvalue weighted by atomic mass is 9.92. The zero-order chi connectivity index (χ0) is 23.8. The third kappa shape index (κ3) is 4.85. The lowest BCUT2D eigenvalue weighted by Crippen LogP contribution is -2.48. The Morgan fingerprint density at radius 3 is 2.16 bits per heavy atom. The number of sulfonamides is 1. The van der Waals surface area contributed by atoms with Gasteiger partial charge in [0.2, 0.25) is 5.91 Å². The molecule has 0 aliphatic carbocycles. The minimum absolute atomic E-state index is 0.167. The van der Waals surface area contributed by atoms with Gasteiger partial charge in [0.15, 0.2) is 0 Å². The monoisotopic (exact) mass is 460 g/mol. The third-order valence-corrected chi connectivity index (χ3v) is 8.37. The van der Waals surface area contributed by atoms with E-state index in [-0.39, 0.29) is 17.3 Å². The van der Waals surface area contributed by atoms with Gasteiger partial charge in [0, 0.05) is 20.1 Å². The van der Waals surface area contributed by atoms with Crippen molar-refractivity contribution in [2.45, 2.75) is 58.8 Å². The smallest absolute Gasteiger partial charge is 0.268 e. The molecule has 1 aliphatic heterocycles. The second-order valence-corrected chi connectivity index (χ2v) is 11.4. The highest BCUT2D eigenvalue weighted by Crippen LogP contribution is 2.30. The van der Waals surface area contributed by atoms with Gasteiger partial charge >= 0.3 is 0 Å². The van der Waals surface area contributed by atoms with Crippen molar-refractivity contribution >= 4 is 21.6 Å². The SMILES string of the molecule is Cc1nn(C)c(C)c1S(=O)(=O)N(CC(=O)N1C[C@@H](C)C[C@H](C)C1)c1ccc(C(C)C)cc1. The summed E-state index contributed by atoms with van der Waals surface area (Å²) < 4.78 is 30.5. The molecule has 0 bridgehead atoms. The number of hydrogen-bond acceptors (Lipinski definition) is 4. The number of benzene rings is 1. The van der Waals surface area contributed by atoms with Gasteiger partial charge in [-0.05, 0) is 55.7 Å². The van der Waals surface area contributed by atoms with Crippen molar-refractivity contribution in [3.8, 4) is 0 Å². The number of aromatic nitrogens is 2. The van der Waals surface area contributed by atoms with Gasteiger partial charge in [-0.3, -0.25) is 13.8 Å². The zero-order valence-electron chi connectivity index (χ0n) is 20.3. The summed E-state index contributed by atoms with van der Waals surface area (Å²) in [7, 11) is -2.26. The Balaban J connectivity index is 2.02. The third-order valence-electron chi connectivity index (χ3n) is 6.34. The molecule has 1 amide bonds. The maximum Gasteiger partial charge on any atom is 0.268 e. The van der Waals surface area contributed by atoms with Gasteiger partial charge < -0.3 is 4.90 Å². The van der Waals surface area contributed by atoms with Gasteiger partial charge in [-0.15, -0.1) is 0 Å². The minimum atomic E-state index is -3.99. The number of aryl methyl sites for hydroxylation is 2. The Morgan fingerprint density at radius 2 is 1.69 bits per heavy atom. The molecule has 7 nitrogen and oxygen atoms in total. The normalized spacial score (nSPS) is 19.4. The van der Waals surface area contributed by atoms with E-state index in [1.165, 1.54) is 4.31 Å². The molecule has 1 aromatic heterocycles. The topological polar surface area (TPSA) is 75.5 Å². The predicted octanol–water partition coefficient (Wildman–Crippen LogP) is 3.86. The van der Waals surface area contributed by atoms with Crippen LogP contribution in [0.25, 0.3) is 0 Å². The number of nitrogens with zero attached hydrogens (tertiary/aromatic N) is 4. The lowest BCUT2D eigenvalue weighted by Gasteiger charge is -2.36. The van der Waals surface area contributed by atoms with Crippen LogP contribution < -0.4 is 4.31 Å². The van der Waals surface area contributed by atoms with Gasteiger partial charge in [-0.1, -0.05) is 39.8 Å². The minimum Gasteiger partial charge on any atom is -0.341 e. The fourth-order valence-electron chi connectivity index (χ4n) is 4.67. The van der Waals surface area contributed by atoms with Gasteiger partial charge in [-0.25, -0.2) is 8.42 Å². The molecule has 0 radical (unpaired) electrons. The zero-order valence-corrected chi connectivity index (χ0v) is 21.1. The molecule has 2 atom stereocenters. The number of anilines is 1. The average Bonchev–Trinajstić information content (AvgIpc) is 2.97. The van der Waals surface area contributed by atoms with Gasteiger partial charge in [0.25, 0.3) is 10.0 Å². The van der Waals surface area contributed by atoms with Gasteiger partial charge in [-0.2, -0.15) is 5.10 Å². The van der Waals surface area contributed by atoms with E-state index in [0.717, 1.165) is 12.0 Å². The fourth-order valence-corrected chi connectivity index (χ4v) is 6.49. The number of hydrogen-bond donors (Lipinski definition) is 0. The number of carbonyl (C=O) groups excluding carboxylic acids is 1. The van der Waals surface area contributed by atoms with Crippen LogP contribution in [0.2, 0.25) is 0 Å². The summed E-state index contributed by atoms with van der Waals surface area (Å²) in [6.45, 7) is 13.0. The maximum atomic E-state index is 13.9. The van der Waals surface area contributed by atoms with Gasteiger partial charge in [0.1, 0.15) is 11.4 Å². The summed E-state index contributed by atoms with van der Waals surface area (Å²) in [6, 6.07) is 7.45. The molecule has 2 aromatic rings. The molecule has 0 unspecified atom stereocenters. The van der Waals surface area contributed by atoms with Crippen LogP contribution >= 0.6 is 0 Å². The largest absolute Gasteiger partial charge is 0.341 e. The summed E-state index contributed by atoms with van der Waals surface area (Å²) in [4.78, 5) is 15.3. The molecule has 1 aliphatic rings. The molecule has 1 fully saturated rings. The highest BCUT2D eigenvalue weighted by molar-refractivity contribution is 7.93. The second-order valence-electron chi connectivity index (χ2n) is 9.63. The summed E-state index contributed by atoms with van der Waals surface area (Å²) in [6.07, 6.45) is 1.08. The first-order valence-electron chi connectivity index (χ1n) is 11.3. The molecule has 32 heavy (non-hydrogen) atoms. The fraction of sp³-hybridized carbons (Fsp3) is 0.583. The second kappa shape index (κ2) is 9.25. The summed E-state index contributed by atoms with van der Waals surface area (Å²) in [5.74, 6) is 0.968. The molecule has 0 N–H and O–H groups in total. The van der Waals surface area contributed by atoms with E-state index >= 15 is 0 Å². The molecule has 1 saturated heterocycles. The van der Waals surface area contributed by atoms with E-state index in [2.05, 4.69) is 32.8 Å². The van der Waals surface area contributed by atoms with Crippen LogP contribution in [0.4, 0.5) is 5.69 Å². The lowest BCUT2D eigenvalue weighted by molar-refractivity contribution is -0.132. The van der Waals surface area contributed by atoms with Crippen molar-refractivity contribution in [1.82, 2.24) is 14.7 Å². The number of piperidine rings is 1. The van der Waals surface area contributed by atoms with Crippen LogP contribution in [0.1, 0.15) is 57.0 Å². The van der Waals surface area contributed by atoms with E-state index in [0.29, 0.717) is 47.9 Å². The van der Waals surface area contributed by atoms with Crippen molar-refractivity contribution < 1.29 is 13.2 Å². The van der Waals surface area contributed by atoms with Crippen molar-refractivity contribution in [2.24, 2.45) is 18.9 Å². The predicted molar refractivity (Wildman–Crippen MR) is 127 cm³/mol. The number of likely N-dealkylation sites (tertiary alicyclic amines) is 1. The average molecular weight is 461 g/mol. The van der Waals surface area contributed by atoms with E-state index in [9.17, 15) is 13.2 Å². The standard InChI is InChI=1S/C24H36N4O3S/c1-16(2)21-8-10-22(11-9-21)28(15-23(29)27-13-17(3)12-18(4)14-27)32(30,31)24-19(5)25-26(7)20(24)6/h8-11,16-18H,12-15H2,1-7H3/t17-,18-/m0/s1. The summed E-state index contributed by atoms with van der Waals surface area (Å²) >= 11 is 0. The summed E-state index contributed by atoms with van der Waals surface area (Å²) in [5.41, 5.74) is 2.59. The van der Waals surface area contributed by atoms with Crippen molar-refractivity contribution in [1.29, 1.82) is 0 Å². The Morgan fingerprint density at radius 1 is 1.12 bits per heavy atom. The first-order valence-corrected chi connectivity index (χ1v) is 12.8.